The number of nitrogens with one attached hydrogen (secondary N) is 1. The number of halogens is 2. The van der Waals surface area contributed by atoms with Crippen molar-refractivity contribution in [3.05, 3.63) is 23.6 Å². The topological polar surface area (TPSA) is 21.3 Å². The van der Waals surface area contributed by atoms with Gasteiger partial charge in [-0.15, -0.1) is 0 Å². The average Bonchev–Trinajstić information content (AvgIpc) is 2.27. The second-order valence-corrected chi connectivity index (χ2v) is 3.79. The minimum atomic E-state index is -0.758. The number of allylic oxidation sites excluding steroid dienone is 3. The Hall–Kier alpha value is -0.740. The van der Waals surface area contributed by atoms with Crippen molar-refractivity contribution < 1.29 is 13.5 Å². The predicted molar refractivity (Wildman–Crippen MR) is 62.6 cm³/mol. The van der Waals surface area contributed by atoms with E-state index in [2.05, 4.69) is 5.32 Å². The molecule has 2 nitrogen and oxygen atoms in total. The SMILES string of the molecule is COCNCC/C=C\C(CF)=C(\F)C(C)C. The molecule has 1 N–H and O–H groups in total. The first kappa shape index (κ1) is 15.3. The summed E-state index contributed by atoms with van der Waals surface area (Å²) >= 11 is 0. The van der Waals surface area contributed by atoms with Crippen LogP contribution in [0.3, 0.4) is 0 Å². The van der Waals surface area contributed by atoms with Gasteiger partial charge in [0.15, 0.2) is 0 Å². The van der Waals surface area contributed by atoms with Gasteiger partial charge in [0.2, 0.25) is 0 Å². The highest BCUT2D eigenvalue weighted by atomic mass is 19.1. The molecule has 0 saturated heterocycles. The van der Waals surface area contributed by atoms with Crippen LogP contribution in [0.2, 0.25) is 0 Å². The van der Waals surface area contributed by atoms with Crippen molar-refractivity contribution >= 4 is 0 Å². The molecule has 0 heterocycles. The molecule has 0 amide bonds. The molecule has 0 aromatic carbocycles. The highest BCUT2D eigenvalue weighted by molar-refractivity contribution is 5.23. The van der Waals surface area contributed by atoms with Gasteiger partial charge in [-0.3, -0.25) is 5.32 Å². The molecule has 94 valence electrons. The summed E-state index contributed by atoms with van der Waals surface area (Å²) in [6.07, 6.45) is 4.00. The molecule has 0 aromatic heterocycles. The lowest BCUT2D eigenvalue weighted by Crippen LogP contribution is -2.17. The number of methoxy groups -OCH3 is 1. The van der Waals surface area contributed by atoms with Crippen LogP contribution in [0.15, 0.2) is 23.6 Å². The zero-order valence-corrected chi connectivity index (χ0v) is 10.2. The predicted octanol–water partition coefficient (Wildman–Crippen LogP) is 2.98. The summed E-state index contributed by atoms with van der Waals surface area (Å²) in [6.45, 7) is 3.87. The van der Waals surface area contributed by atoms with Crippen LogP contribution in [0.1, 0.15) is 20.3 Å². The number of hydrogen-bond donors (Lipinski definition) is 1. The summed E-state index contributed by atoms with van der Waals surface area (Å²) in [5.74, 6) is -0.634. The first-order valence-electron chi connectivity index (χ1n) is 5.44. The Balaban J connectivity index is 4.03. The molecule has 0 bridgehead atoms. The molecule has 0 saturated carbocycles. The molecule has 0 aliphatic rings. The van der Waals surface area contributed by atoms with Gasteiger partial charge in [0, 0.05) is 25.1 Å². The Morgan fingerprint density at radius 2 is 2.12 bits per heavy atom. The third-order valence-corrected chi connectivity index (χ3v) is 2.01. The highest BCUT2D eigenvalue weighted by Crippen LogP contribution is 2.17. The molecule has 4 heteroatoms. The fourth-order valence-corrected chi connectivity index (χ4v) is 1.14. The molecule has 0 aromatic rings. The van der Waals surface area contributed by atoms with Crippen LogP contribution in [0.4, 0.5) is 8.78 Å². The Bertz CT molecular complexity index is 237. The van der Waals surface area contributed by atoms with Crippen LogP contribution in [0.25, 0.3) is 0 Å². The van der Waals surface area contributed by atoms with Gasteiger partial charge in [0.05, 0.1) is 6.73 Å². The normalized spacial score (nSPS) is 13.6. The van der Waals surface area contributed by atoms with E-state index in [1.807, 2.05) is 0 Å². The minimum Gasteiger partial charge on any atom is -0.370 e. The van der Waals surface area contributed by atoms with Crippen LogP contribution in [-0.2, 0) is 4.74 Å². The zero-order valence-electron chi connectivity index (χ0n) is 10.2. The van der Waals surface area contributed by atoms with E-state index in [0.717, 1.165) is 13.0 Å². The maximum Gasteiger partial charge on any atom is 0.117 e. The standard InChI is InChI=1S/C12H21F2NO/c1-10(2)12(14)11(8-13)6-4-5-7-15-9-16-3/h4,6,10,15H,5,7-9H2,1-3H3/b6-4-,12-11-. The summed E-state index contributed by atoms with van der Waals surface area (Å²) < 4.78 is 30.7. The van der Waals surface area contributed by atoms with E-state index in [1.54, 1.807) is 27.0 Å². The van der Waals surface area contributed by atoms with Crippen molar-refractivity contribution in [3.63, 3.8) is 0 Å². The van der Waals surface area contributed by atoms with Gasteiger partial charge >= 0.3 is 0 Å². The summed E-state index contributed by atoms with van der Waals surface area (Å²) in [5.41, 5.74) is 0.141. The summed E-state index contributed by atoms with van der Waals surface area (Å²) in [6, 6.07) is 0. The van der Waals surface area contributed by atoms with Crippen molar-refractivity contribution in [2.75, 3.05) is 27.1 Å². The van der Waals surface area contributed by atoms with Gasteiger partial charge in [-0.2, -0.15) is 0 Å². The number of ether oxygens (including phenoxy) is 1. The molecule has 0 atom stereocenters. The van der Waals surface area contributed by atoms with E-state index in [0.29, 0.717) is 6.73 Å². The molecule has 0 rings (SSSR count). The summed E-state index contributed by atoms with van der Waals surface area (Å²) in [7, 11) is 1.60. The molecule has 0 aliphatic heterocycles. The summed E-state index contributed by atoms with van der Waals surface area (Å²) in [5, 5.41) is 3.00. The molecular weight excluding hydrogens is 212 g/mol. The molecular formula is C12H21F2NO. The first-order chi connectivity index (χ1) is 7.63. The molecule has 0 aliphatic carbocycles. The van der Waals surface area contributed by atoms with Crippen molar-refractivity contribution in [2.24, 2.45) is 5.92 Å². The van der Waals surface area contributed by atoms with Crippen molar-refractivity contribution in [2.45, 2.75) is 20.3 Å². The number of hydrogen-bond acceptors (Lipinski definition) is 2. The van der Waals surface area contributed by atoms with Gasteiger partial charge in [0.1, 0.15) is 12.5 Å². The molecule has 0 radical (unpaired) electrons. The van der Waals surface area contributed by atoms with Crippen LogP contribution >= 0.6 is 0 Å². The fraction of sp³-hybridized carbons (Fsp3) is 0.667. The molecule has 0 fully saturated rings. The van der Waals surface area contributed by atoms with Crippen molar-refractivity contribution in [1.82, 2.24) is 5.32 Å². The van der Waals surface area contributed by atoms with E-state index in [9.17, 15) is 8.78 Å². The third-order valence-electron chi connectivity index (χ3n) is 2.01. The van der Waals surface area contributed by atoms with Crippen molar-refractivity contribution in [1.29, 1.82) is 0 Å². The Kier molecular flexibility index (Phi) is 9.04. The van der Waals surface area contributed by atoms with E-state index in [4.69, 9.17) is 4.74 Å². The van der Waals surface area contributed by atoms with Crippen LogP contribution in [0, 0.1) is 5.92 Å². The quantitative estimate of drug-likeness (QED) is 0.395. The Morgan fingerprint density at radius 3 is 2.62 bits per heavy atom. The third kappa shape index (κ3) is 6.69. The van der Waals surface area contributed by atoms with Crippen molar-refractivity contribution in [3.8, 4) is 0 Å². The van der Waals surface area contributed by atoms with Gasteiger partial charge < -0.3 is 4.74 Å². The molecule has 0 spiro atoms. The number of rotatable bonds is 8. The van der Waals surface area contributed by atoms with Gasteiger partial charge in [-0.25, -0.2) is 8.78 Å². The lowest BCUT2D eigenvalue weighted by atomic mass is 10.1. The van der Waals surface area contributed by atoms with E-state index < -0.39 is 6.67 Å². The second-order valence-electron chi connectivity index (χ2n) is 3.79. The minimum absolute atomic E-state index is 0.141. The molecule has 16 heavy (non-hydrogen) atoms. The summed E-state index contributed by atoms with van der Waals surface area (Å²) in [4.78, 5) is 0. The lowest BCUT2D eigenvalue weighted by Gasteiger charge is -2.04. The largest absolute Gasteiger partial charge is 0.370 e. The average molecular weight is 233 g/mol. The first-order valence-corrected chi connectivity index (χ1v) is 5.44. The fourth-order valence-electron chi connectivity index (χ4n) is 1.14. The van der Waals surface area contributed by atoms with Crippen LogP contribution in [-0.4, -0.2) is 27.1 Å². The number of alkyl halides is 1. The monoisotopic (exact) mass is 233 g/mol. The van der Waals surface area contributed by atoms with E-state index >= 15 is 0 Å². The van der Waals surface area contributed by atoms with Crippen LogP contribution in [0.5, 0.6) is 0 Å². The van der Waals surface area contributed by atoms with Gasteiger partial charge in [-0.1, -0.05) is 26.0 Å². The maximum atomic E-state index is 13.4. The second kappa shape index (κ2) is 9.48. The Labute approximate surface area is 96.4 Å². The Morgan fingerprint density at radius 1 is 1.44 bits per heavy atom. The smallest absolute Gasteiger partial charge is 0.117 e. The van der Waals surface area contributed by atoms with E-state index in [-0.39, 0.29) is 17.3 Å². The van der Waals surface area contributed by atoms with Gasteiger partial charge in [0.25, 0.3) is 0 Å². The zero-order chi connectivity index (χ0) is 12.4. The lowest BCUT2D eigenvalue weighted by molar-refractivity contribution is 0.176. The van der Waals surface area contributed by atoms with Crippen LogP contribution < -0.4 is 5.32 Å². The van der Waals surface area contributed by atoms with E-state index in [1.165, 1.54) is 6.08 Å². The highest BCUT2D eigenvalue weighted by Gasteiger charge is 2.07. The van der Waals surface area contributed by atoms with Gasteiger partial charge in [-0.05, 0) is 6.42 Å². The maximum absolute atomic E-state index is 13.4. The molecule has 0 unspecified atom stereocenters.